The molecule has 0 aliphatic rings. The molecule has 0 heterocycles. The van der Waals surface area contributed by atoms with Gasteiger partial charge in [-0.3, -0.25) is 14.8 Å². The van der Waals surface area contributed by atoms with E-state index in [1.807, 2.05) is 0 Å². The Bertz CT molecular complexity index is 811. The van der Waals surface area contributed by atoms with Crippen molar-refractivity contribution in [2.45, 2.75) is 4.90 Å². The molecular weight excluding hydrogens is 323 g/mol. The minimum absolute atomic E-state index is 0.0522. The average Bonchev–Trinajstić information content (AvgIpc) is 2.41. The predicted octanol–water partition coefficient (Wildman–Crippen LogP) is 3.19. The second-order valence-electron chi connectivity index (χ2n) is 3.96. The zero-order valence-electron chi connectivity index (χ0n) is 10.3. The van der Waals surface area contributed by atoms with Crippen molar-refractivity contribution in [1.29, 1.82) is 0 Å². The van der Waals surface area contributed by atoms with Crippen LogP contribution in [0.15, 0.2) is 47.4 Å². The van der Waals surface area contributed by atoms with Crippen molar-refractivity contribution in [2.24, 2.45) is 0 Å². The highest BCUT2D eigenvalue weighted by Crippen LogP contribution is 2.25. The second-order valence-corrected chi connectivity index (χ2v) is 6.02. The molecule has 0 bridgehead atoms. The first-order chi connectivity index (χ1) is 9.81. The fourth-order valence-electron chi connectivity index (χ4n) is 1.58. The van der Waals surface area contributed by atoms with Gasteiger partial charge >= 0.3 is 0 Å². The first-order valence-electron chi connectivity index (χ1n) is 5.52. The number of anilines is 1. The van der Waals surface area contributed by atoms with Crippen molar-refractivity contribution in [2.75, 3.05) is 4.72 Å². The monoisotopic (exact) mass is 330 g/mol. The van der Waals surface area contributed by atoms with Gasteiger partial charge in [-0.2, -0.15) is 0 Å². The highest BCUT2D eigenvalue weighted by atomic mass is 35.5. The van der Waals surface area contributed by atoms with Gasteiger partial charge in [-0.15, -0.1) is 0 Å². The van der Waals surface area contributed by atoms with Crippen molar-refractivity contribution in [3.05, 3.63) is 63.4 Å². The molecule has 0 atom stereocenters. The van der Waals surface area contributed by atoms with Crippen molar-refractivity contribution >= 4 is 33.0 Å². The molecule has 2 aromatic carbocycles. The van der Waals surface area contributed by atoms with Crippen LogP contribution in [0, 0.1) is 15.9 Å². The summed E-state index contributed by atoms with van der Waals surface area (Å²) in [5, 5.41) is 10.3. The van der Waals surface area contributed by atoms with Gasteiger partial charge in [0.1, 0.15) is 4.90 Å². The summed E-state index contributed by atoms with van der Waals surface area (Å²) in [6.45, 7) is 0. The third-order valence-electron chi connectivity index (χ3n) is 2.51. The van der Waals surface area contributed by atoms with Crippen molar-refractivity contribution < 1.29 is 17.7 Å². The molecule has 0 radical (unpaired) electrons. The molecule has 0 unspecified atom stereocenters. The number of nitrogens with zero attached hydrogens (tertiary/aromatic N) is 1. The molecule has 110 valence electrons. The molecule has 1 N–H and O–H groups in total. The minimum Gasteiger partial charge on any atom is -0.279 e. The molecule has 0 saturated heterocycles. The number of non-ortho nitro benzene ring substituents is 1. The zero-order chi connectivity index (χ0) is 15.6. The summed E-state index contributed by atoms with van der Waals surface area (Å²) in [7, 11) is -4.24. The van der Waals surface area contributed by atoms with E-state index in [0.29, 0.717) is 0 Å². The van der Waals surface area contributed by atoms with E-state index in [1.165, 1.54) is 30.3 Å². The van der Waals surface area contributed by atoms with E-state index in [9.17, 15) is 22.9 Å². The first kappa shape index (κ1) is 15.2. The van der Waals surface area contributed by atoms with Gasteiger partial charge in [0.05, 0.1) is 15.6 Å². The van der Waals surface area contributed by atoms with E-state index < -0.39 is 25.7 Å². The van der Waals surface area contributed by atoms with Gasteiger partial charge in [0.2, 0.25) is 0 Å². The Kier molecular flexibility index (Phi) is 4.10. The van der Waals surface area contributed by atoms with Gasteiger partial charge in [0.15, 0.2) is 5.82 Å². The third-order valence-corrected chi connectivity index (χ3v) is 4.21. The lowest BCUT2D eigenvalue weighted by Gasteiger charge is -2.09. The molecule has 0 fully saturated rings. The van der Waals surface area contributed by atoms with Crippen molar-refractivity contribution in [1.82, 2.24) is 0 Å². The summed E-state index contributed by atoms with van der Waals surface area (Å²) in [4.78, 5) is 9.33. The first-order valence-corrected chi connectivity index (χ1v) is 7.38. The van der Waals surface area contributed by atoms with Crippen LogP contribution >= 0.6 is 11.6 Å². The van der Waals surface area contributed by atoms with Crippen molar-refractivity contribution in [3.8, 4) is 0 Å². The van der Waals surface area contributed by atoms with Crippen LogP contribution in [0.25, 0.3) is 0 Å². The van der Waals surface area contributed by atoms with Gasteiger partial charge in [0, 0.05) is 12.1 Å². The Balaban J connectivity index is 2.40. The summed E-state index contributed by atoms with van der Waals surface area (Å²) >= 11 is 5.53. The Morgan fingerprint density at radius 1 is 1.19 bits per heavy atom. The number of benzene rings is 2. The maximum Gasteiger partial charge on any atom is 0.271 e. The largest absolute Gasteiger partial charge is 0.279 e. The Labute approximate surface area is 124 Å². The summed E-state index contributed by atoms with van der Waals surface area (Å²) in [6.07, 6.45) is 0. The molecule has 0 saturated carbocycles. The topological polar surface area (TPSA) is 89.3 Å². The molecule has 0 amide bonds. The molecule has 0 aliphatic carbocycles. The van der Waals surface area contributed by atoms with E-state index in [0.717, 1.165) is 12.1 Å². The molecule has 6 nitrogen and oxygen atoms in total. The quantitative estimate of drug-likeness (QED) is 0.688. The van der Waals surface area contributed by atoms with E-state index in [4.69, 9.17) is 11.6 Å². The van der Waals surface area contributed by atoms with Gasteiger partial charge in [-0.05, 0) is 18.2 Å². The van der Waals surface area contributed by atoms with Crippen LogP contribution in [0.2, 0.25) is 5.02 Å². The van der Waals surface area contributed by atoms with Crippen LogP contribution in [-0.2, 0) is 10.0 Å². The predicted molar refractivity (Wildman–Crippen MR) is 75.3 cm³/mol. The van der Waals surface area contributed by atoms with Crippen LogP contribution in [0.1, 0.15) is 0 Å². The van der Waals surface area contributed by atoms with E-state index in [2.05, 4.69) is 4.72 Å². The number of sulfonamides is 1. The zero-order valence-corrected chi connectivity index (χ0v) is 11.9. The van der Waals surface area contributed by atoms with Crippen molar-refractivity contribution in [3.63, 3.8) is 0 Å². The maximum absolute atomic E-state index is 13.7. The summed E-state index contributed by atoms with van der Waals surface area (Å²) < 4.78 is 40.0. The lowest BCUT2D eigenvalue weighted by molar-refractivity contribution is -0.384. The van der Waals surface area contributed by atoms with Crippen LogP contribution in [0.3, 0.4) is 0 Å². The number of nitrogens with one attached hydrogen (secondary N) is 1. The highest BCUT2D eigenvalue weighted by Gasteiger charge is 2.21. The Morgan fingerprint density at radius 2 is 1.86 bits per heavy atom. The van der Waals surface area contributed by atoms with Crippen LogP contribution in [0.5, 0.6) is 0 Å². The number of nitro benzene ring substituents is 1. The van der Waals surface area contributed by atoms with E-state index >= 15 is 0 Å². The Hall–Kier alpha value is -2.19. The van der Waals surface area contributed by atoms with E-state index in [1.54, 1.807) is 0 Å². The molecule has 0 aliphatic heterocycles. The second kappa shape index (κ2) is 5.66. The SMILES string of the molecule is O=[N+]([O-])c1cccc(NS(=O)(=O)c2cccc(Cl)c2F)c1. The van der Waals surface area contributed by atoms with Gasteiger partial charge in [-0.25, -0.2) is 12.8 Å². The number of rotatable bonds is 4. The fraction of sp³-hybridized carbons (Fsp3) is 0. The lowest BCUT2D eigenvalue weighted by atomic mass is 10.3. The van der Waals surface area contributed by atoms with Crippen LogP contribution < -0.4 is 4.72 Å². The number of nitro groups is 1. The molecule has 9 heteroatoms. The fourth-order valence-corrected chi connectivity index (χ4v) is 2.97. The van der Waals surface area contributed by atoms with Crippen LogP contribution in [-0.4, -0.2) is 13.3 Å². The Morgan fingerprint density at radius 3 is 2.52 bits per heavy atom. The number of hydrogen-bond acceptors (Lipinski definition) is 4. The molecule has 0 spiro atoms. The third kappa shape index (κ3) is 3.29. The smallest absolute Gasteiger partial charge is 0.271 e. The number of hydrogen-bond donors (Lipinski definition) is 1. The minimum atomic E-state index is -4.24. The average molecular weight is 331 g/mol. The number of halogens is 2. The lowest BCUT2D eigenvalue weighted by Crippen LogP contribution is -2.14. The maximum atomic E-state index is 13.7. The normalized spacial score (nSPS) is 11.1. The molecule has 2 aromatic rings. The van der Waals surface area contributed by atoms with Gasteiger partial charge in [-0.1, -0.05) is 23.7 Å². The summed E-state index contributed by atoms with van der Waals surface area (Å²) in [6, 6.07) is 8.40. The van der Waals surface area contributed by atoms with E-state index in [-0.39, 0.29) is 16.4 Å². The molecular formula is C12H8ClFN2O4S. The van der Waals surface area contributed by atoms with Gasteiger partial charge < -0.3 is 0 Å². The van der Waals surface area contributed by atoms with Crippen LogP contribution in [0.4, 0.5) is 15.8 Å². The highest BCUT2D eigenvalue weighted by molar-refractivity contribution is 7.92. The molecule has 2 rings (SSSR count). The summed E-state index contributed by atoms with van der Waals surface area (Å²) in [5.41, 5.74) is -0.342. The summed E-state index contributed by atoms with van der Waals surface area (Å²) in [5.74, 6) is -1.09. The standard InChI is InChI=1S/C12H8ClFN2O4S/c13-10-5-2-6-11(12(10)14)21(19,20)15-8-3-1-4-9(7-8)16(17)18/h1-7,15H. The molecule has 0 aromatic heterocycles. The molecule has 21 heavy (non-hydrogen) atoms. The van der Waals surface area contributed by atoms with Gasteiger partial charge in [0.25, 0.3) is 15.7 Å².